The number of nitrogens with one attached hydrogen (secondary N) is 1. The highest BCUT2D eigenvalue weighted by molar-refractivity contribution is 5.94. The summed E-state index contributed by atoms with van der Waals surface area (Å²) in [7, 11) is 0. The number of halogens is 3. The number of ether oxygens (including phenoxy) is 1. The maximum Gasteiger partial charge on any atom is 0.442 e. The Hall–Kier alpha value is -2.78. The average Bonchev–Trinajstić information content (AvgIpc) is 3.55. The van der Waals surface area contributed by atoms with Gasteiger partial charge in [-0.25, -0.2) is 0 Å². The third-order valence-electron chi connectivity index (χ3n) is 5.85. The first-order chi connectivity index (χ1) is 14.8. The number of hydrogen-bond acceptors (Lipinski definition) is 5. The summed E-state index contributed by atoms with van der Waals surface area (Å²) in [6.45, 7) is 0.657. The van der Waals surface area contributed by atoms with Crippen molar-refractivity contribution in [2.75, 3.05) is 13.2 Å². The average molecular weight is 433 g/mol. The molecule has 1 heterocycles. The van der Waals surface area contributed by atoms with E-state index >= 15 is 0 Å². The van der Waals surface area contributed by atoms with Crippen LogP contribution in [0.3, 0.4) is 0 Å². The molecular weight excluding hydrogens is 411 g/mol. The normalized spacial score (nSPS) is 23.8. The van der Waals surface area contributed by atoms with Gasteiger partial charge in [-0.3, -0.25) is 4.79 Å². The van der Waals surface area contributed by atoms with Crippen molar-refractivity contribution in [2.24, 2.45) is 15.6 Å². The predicted octanol–water partition coefficient (Wildman–Crippen LogP) is 3.96. The number of carbonyl (C=O) groups excluding carboxylic acids is 1. The summed E-state index contributed by atoms with van der Waals surface area (Å²) in [5.74, 6) is -0.418. The summed E-state index contributed by atoms with van der Waals surface area (Å²) < 4.78 is 45.0. The lowest BCUT2D eigenvalue weighted by Crippen LogP contribution is -2.51. The number of aliphatic hydroxyl groups excluding tert-OH is 1. The molecule has 6 nitrogen and oxygen atoms in total. The molecule has 31 heavy (non-hydrogen) atoms. The van der Waals surface area contributed by atoms with E-state index in [-0.39, 0.29) is 30.4 Å². The largest absolute Gasteiger partial charge is 0.442 e. The summed E-state index contributed by atoms with van der Waals surface area (Å²) in [6.07, 6.45) is -3.36. The molecule has 0 aromatic heterocycles. The number of amides is 1. The van der Waals surface area contributed by atoms with Gasteiger partial charge in [0.1, 0.15) is 0 Å². The van der Waals surface area contributed by atoms with Gasteiger partial charge >= 0.3 is 11.8 Å². The number of carbonyl (C=O) groups is 1. The Morgan fingerprint density at radius 1 is 1.10 bits per heavy atom. The molecule has 1 aliphatic heterocycles. The topological polar surface area (TPSA) is 83.3 Å². The first-order valence-corrected chi connectivity index (χ1v) is 9.93. The standard InChI is InChI=1S/C22H22F3N3O3/c23-22(24,25)21(27-28-21)17-8-6-16(7-9-17)19(30)26-13-20(14-29)10-18(11-20)31-12-15-4-2-1-3-5-15/h1-9,18,29H,10-14H2,(H,26,30). The summed E-state index contributed by atoms with van der Waals surface area (Å²) in [4.78, 5) is 12.4. The zero-order chi connectivity index (χ0) is 22.1. The number of nitrogens with zero attached hydrogens (tertiary/aromatic N) is 2. The van der Waals surface area contributed by atoms with E-state index in [0.717, 1.165) is 5.56 Å². The number of alkyl halides is 3. The third-order valence-corrected chi connectivity index (χ3v) is 5.85. The predicted molar refractivity (Wildman–Crippen MR) is 105 cm³/mol. The number of aliphatic hydroxyl groups is 1. The van der Waals surface area contributed by atoms with Crippen LogP contribution in [-0.4, -0.2) is 36.4 Å². The van der Waals surface area contributed by atoms with Crippen LogP contribution in [0, 0.1) is 5.41 Å². The summed E-state index contributed by atoms with van der Waals surface area (Å²) >= 11 is 0. The summed E-state index contributed by atoms with van der Waals surface area (Å²) in [6, 6.07) is 14.8. The molecule has 0 atom stereocenters. The van der Waals surface area contributed by atoms with Crippen molar-refractivity contribution in [3.63, 3.8) is 0 Å². The van der Waals surface area contributed by atoms with E-state index in [1.54, 1.807) is 0 Å². The van der Waals surface area contributed by atoms with Crippen LogP contribution in [-0.2, 0) is 17.0 Å². The smallest absolute Gasteiger partial charge is 0.396 e. The minimum atomic E-state index is -4.60. The quantitative estimate of drug-likeness (QED) is 0.661. The van der Waals surface area contributed by atoms with Crippen LogP contribution >= 0.6 is 0 Å². The van der Waals surface area contributed by atoms with Crippen LogP contribution in [0.5, 0.6) is 0 Å². The fraction of sp³-hybridized carbons (Fsp3) is 0.409. The summed E-state index contributed by atoms with van der Waals surface area (Å²) in [5.41, 5.74) is -1.78. The summed E-state index contributed by atoms with van der Waals surface area (Å²) in [5, 5.41) is 18.9. The van der Waals surface area contributed by atoms with Crippen molar-refractivity contribution in [3.8, 4) is 0 Å². The van der Waals surface area contributed by atoms with Gasteiger partial charge in [-0.15, -0.1) is 10.2 Å². The highest BCUT2D eigenvalue weighted by Gasteiger charge is 2.65. The van der Waals surface area contributed by atoms with Gasteiger partial charge in [0.15, 0.2) is 0 Å². The zero-order valence-corrected chi connectivity index (χ0v) is 16.6. The molecule has 2 N–H and O–H groups in total. The molecule has 0 spiro atoms. The van der Waals surface area contributed by atoms with Crippen LogP contribution in [0.25, 0.3) is 0 Å². The molecule has 4 rings (SSSR count). The van der Waals surface area contributed by atoms with Gasteiger partial charge in [0.05, 0.1) is 19.3 Å². The molecule has 2 aromatic carbocycles. The van der Waals surface area contributed by atoms with E-state index in [9.17, 15) is 23.1 Å². The van der Waals surface area contributed by atoms with Crippen LogP contribution in [0.15, 0.2) is 64.8 Å². The highest BCUT2D eigenvalue weighted by Crippen LogP contribution is 2.52. The first-order valence-electron chi connectivity index (χ1n) is 9.93. The number of rotatable bonds is 8. The van der Waals surface area contributed by atoms with Gasteiger partial charge in [-0.1, -0.05) is 42.5 Å². The molecule has 1 fully saturated rings. The lowest BCUT2D eigenvalue weighted by Gasteiger charge is -2.46. The Labute approximate surface area is 177 Å². The lowest BCUT2D eigenvalue weighted by molar-refractivity contribution is -0.166. The SMILES string of the molecule is O=C(NCC1(CO)CC(OCc2ccccc2)C1)c1ccc(C2(C(F)(F)F)N=N2)cc1. The van der Waals surface area contributed by atoms with E-state index in [4.69, 9.17) is 4.74 Å². The minimum Gasteiger partial charge on any atom is -0.396 e. The molecule has 0 radical (unpaired) electrons. The lowest BCUT2D eigenvalue weighted by atomic mass is 9.67. The van der Waals surface area contributed by atoms with Crippen LogP contribution in [0.2, 0.25) is 0 Å². The fourth-order valence-electron chi connectivity index (χ4n) is 3.81. The minimum absolute atomic E-state index is 0.00754. The highest BCUT2D eigenvalue weighted by atomic mass is 19.4. The molecule has 1 saturated carbocycles. The Bertz CT molecular complexity index is 949. The molecule has 0 unspecified atom stereocenters. The molecule has 2 aromatic rings. The Balaban J connectivity index is 1.27. The second-order valence-electron chi connectivity index (χ2n) is 8.11. The van der Waals surface area contributed by atoms with Crippen LogP contribution < -0.4 is 5.32 Å². The van der Waals surface area contributed by atoms with Crippen molar-refractivity contribution in [1.29, 1.82) is 0 Å². The van der Waals surface area contributed by atoms with E-state index < -0.39 is 23.2 Å². The Kier molecular flexibility index (Phi) is 5.57. The van der Waals surface area contributed by atoms with Crippen LogP contribution in [0.4, 0.5) is 13.2 Å². The first kappa shape index (κ1) is 21.5. The molecule has 2 aliphatic rings. The monoisotopic (exact) mass is 433 g/mol. The molecule has 0 saturated heterocycles. The van der Waals surface area contributed by atoms with Crippen molar-refractivity contribution in [1.82, 2.24) is 5.32 Å². The van der Waals surface area contributed by atoms with Crippen molar-refractivity contribution >= 4 is 5.91 Å². The van der Waals surface area contributed by atoms with Gasteiger partial charge < -0.3 is 15.2 Å². The van der Waals surface area contributed by atoms with E-state index in [1.165, 1.54) is 24.3 Å². The molecule has 164 valence electrons. The Morgan fingerprint density at radius 2 is 1.74 bits per heavy atom. The maximum atomic E-state index is 13.1. The van der Waals surface area contributed by atoms with E-state index in [2.05, 4.69) is 15.5 Å². The van der Waals surface area contributed by atoms with E-state index in [0.29, 0.717) is 19.4 Å². The van der Waals surface area contributed by atoms with Crippen molar-refractivity contribution in [3.05, 3.63) is 71.3 Å². The van der Waals surface area contributed by atoms with Gasteiger partial charge in [0.25, 0.3) is 5.91 Å². The molecular formula is C22H22F3N3O3. The molecule has 9 heteroatoms. The van der Waals surface area contributed by atoms with Crippen molar-refractivity contribution in [2.45, 2.75) is 37.4 Å². The van der Waals surface area contributed by atoms with Gasteiger partial charge in [-0.05, 0) is 30.5 Å². The van der Waals surface area contributed by atoms with Gasteiger partial charge in [-0.2, -0.15) is 13.2 Å². The fourth-order valence-corrected chi connectivity index (χ4v) is 3.81. The van der Waals surface area contributed by atoms with Gasteiger partial charge in [0, 0.05) is 23.1 Å². The van der Waals surface area contributed by atoms with Crippen molar-refractivity contribution < 1.29 is 27.8 Å². The second kappa shape index (κ2) is 8.05. The second-order valence-corrected chi connectivity index (χ2v) is 8.11. The zero-order valence-electron chi connectivity index (χ0n) is 16.6. The molecule has 1 aliphatic carbocycles. The van der Waals surface area contributed by atoms with Crippen LogP contribution in [0.1, 0.15) is 34.3 Å². The number of benzene rings is 2. The maximum absolute atomic E-state index is 13.1. The number of hydrogen-bond donors (Lipinski definition) is 2. The molecule has 0 bridgehead atoms. The van der Waals surface area contributed by atoms with E-state index in [1.807, 2.05) is 30.3 Å². The van der Waals surface area contributed by atoms with Gasteiger partial charge in [0.2, 0.25) is 0 Å². The Morgan fingerprint density at radius 3 is 2.29 bits per heavy atom. The third kappa shape index (κ3) is 4.33. The molecule has 1 amide bonds.